The van der Waals surface area contributed by atoms with Gasteiger partial charge in [0.15, 0.2) is 5.78 Å². The maximum absolute atomic E-state index is 13.5. The van der Waals surface area contributed by atoms with Crippen molar-refractivity contribution in [2.24, 2.45) is 0 Å². The van der Waals surface area contributed by atoms with Crippen molar-refractivity contribution in [3.8, 4) is 0 Å². The minimum atomic E-state index is 0.108. The molecule has 3 fully saturated rings. The normalized spacial score (nSPS) is 26.1. The molecule has 0 N–H and O–H groups in total. The zero-order chi connectivity index (χ0) is 20.1. The third kappa shape index (κ3) is 5.98. The van der Waals surface area contributed by atoms with Crippen LogP contribution < -0.4 is 0 Å². The Morgan fingerprint density at radius 2 is 0.966 bits per heavy atom. The number of carbonyl (C=O) groups excluding carboxylic acids is 2. The number of hydrogen-bond donors (Lipinski definition) is 0. The molecule has 0 amide bonds. The van der Waals surface area contributed by atoms with Crippen LogP contribution in [-0.4, -0.2) is 27.3 Å². The molecule has 4 aliphatic carbocycles. The first-order chi connectivity index (χ1) is 14.2. The molecule has 29 heavy (non-hydrogen) atoms. The maximum Gasteiger partial charge on any atom is 0.207 e. The topological polar surface area (TPSA) is 34.1 Å². The average Bonchev–Trinajstić information content (AvgIpc) is 2.76. The summed E-state index contributed by atoms with van der Waals surface area (Å²) in [6.07, 6.45) is 20.3. The molecule has 0 aromatic rings. The molecular weight excluding hydrogens is 416 g/mol. The molecule has 0 saturated heterocycles. The molecule has 0 radical (unpaired) electrons. The molecule has 0 atom stereocenters. The Balaban J connectivity index is 1.53. The van der Waals surface area contributed by atoms with Gasteiger partial charge in [-0.15, -0.1) is 35.3 Å². The zero-order valence-corrected chi connectivity index (χ0v) is 19.9. The predicted octanol–water partition coefficient (Wildman–Crippen LogP) is 7.43. The molecule has 0 unspecified atom stereocenters. The fraction of sp³-hybridized carbons (Fsp3) is 0.750. The van der Waals surface area contributed by atoms with Crippen LogP contribution in [0.4, 0.5) is 0 Å². The number of allylic oxidation sites excluding steroid dienone is 4. The smallest absolute Gasteiger partial charge is 0.207 e. The van der Waals surface area contributed by atoms with Crippen molar-refractivity contribution < 1.29 is 9.59 Å². The van der Waals surface area contributed by atoms with E-state index in [1.165, 1.54) is 96.3 Å². The van der Waals surface area contributed by atoms with E-state index in [1.807, 2.05) is 0 Å². The first kappa shape index (κ1) is 22.1. The molecule has 0 spiro atoms. The van der Waals surface area contributed by atoms with Gasteiger partial charge in [-0.05, 0) is 38.5 Å². The fourth-order valence-electron chi connectivity index (χ4n) is 4.95. The highest BCUT2D eigenvalue weighted by Crippen LogP contribution is 2.46. The molecule has 5 heteroatoms. The average molecular weight is 451 g/mol. The molecule has 160 valence electrons. The van der Waals surface area contributed by atoms with Crippen LogP contribution >= 0.6 is 35.3 Å². The predicted molar refractivity (Wildman–Crippen MR) is 129 cm³/mol. The van der Waals surface area contributed by atoms with E-state index in [9.17, 15) is 9.59 Å². The van der Waals surface area contributed by atoms with E-state index < -0.39 is 0 Å². The monoisotopic (exact) mass is 450 g/mol. The Hall–Kier alpha value is -0.130. The van der Waals surface area contributed by atoms with Gasteiger partial charge in [0.2, 0.25) is 5.78 Å². The lowest BCUT2D eigenvalue weighted by molar-refractivity contribution is -0.114. The minimum absolute atomic E-state index is 0.108. The summed E-state index contributed by atoms with van der Waals surface area (Å²) >= 11 is 5.18. The number of ketones is 2. The number of carbonyl (C=O) groups is 2. The second-order valence-corrected chi connectivity index (χ2v) is 13.0. The van der Waals surface area contributed by atoms with Crippen molar-refractivity contribution in [1.82, 2.24) is 0 Å². The first-order valence-electron chi connectivity index (χ1n) is 11.8. The van der Waals surface area contributed by atoms with Crippen molar-refractivity contribution in [2.75, 3.05) is 0 Å². The molecule has 0 aliphatic heterocycles. The van der Waals surface area contributed by atoms with E-state index >= 15 is 0 Å². The molecule has 2 nitrogen and oxygen atoms in total. The minimum Gasteiger partial charge on any atom is -0.289 e. The van der Waals surface area contributed by atoms with Crippen molar-refractivity contribution in [3.05, 3.63) is 20.8 Å². The zero-order valence-electron chi connectivity index (χ0n) is 17.5. The van der Waals surface area contributed by atoms with Crippen molar-refractivity contribution in [2.45, 2.75) is 112 Å². The fourth-order valence-corrected chi connectivity index (χ4v) is 9.21. The second-order valence-electron chi connectivity index (χ2n) is 8.99. The first-order valence-corrected chi connectivity index (χ1v) is 14.4. The van der Waals surface area contributed by atoms with Gasteiger partial charge in [-0.3, -0.25) is 9.59 Å². The molecule has 0 aromatic heterocycles. The maximum atomic E-state index is 13.5. The summed E-state index contributed by atoms with van der Waals surface area (Å²) in [6, 6.07) is 0. The summed E-state index contributed by atoms with van der Waals surface area (Å²) in [5.74, 6) is 0.269. The van der Waals surface area contributed by atoms with Crippen molar-refractivity contribution in [3.63, 3.8) is 0 Å². The third-order valence-corrected chi connectivity index (χ3v) is 11.0. The standard InChI is InChI=1S/C24H34O2S3/c25-20-16-21(27-17-10-4-1-5-11-17)22(26)24(29-19-14-8-3-9-15-19)23(20)28-18-12-6-2-7-13-18/h16-19H,1-15H2. The summed E-state index contributed by atoms with van der Waals surface area (Å²) in [4.78, 5) is 29.0. The summed E-state index contributed by atoms with van der Waals surface area (Å²) in [5.41, 5.74) is 0. The Morgan fingerprint density at radius 1 is 0.552 bits per heavy atom. The van der Waals surface area contributed by atoms with Gasteiger partial charge in [-0.2, -0.15) is 0 Å². The lowest BCUT2D eigenvalue weighted by Crippen LogP contribution is -2.22. The Morgan fingerprint density at radius 3 is 1.45 bits per heavy atom. The largest absolute Gasteiger partial charge is 0.289 e. The van der Waals surface area contributed by atoms with Crippen LogP contribution in [0.2, 0.25) is 0 Å². The highest BCUT2D eigenvalue weighted by atomic mass is 32.2. The lowest BCUT2D eigenvalue weighted by atomic mass is 10.0. The van der Waals surface area contributed by atoms with Gasteiger partial charge in [0.25, 0.3) is 0 Å². The Labute approximate surface area is 188 Å². The third-order valence-electron chi connectivity index (χ3n) is 6.64. The van der Waals surface area contributed by atoms with Gasteiger partial charge in [0.1, 0.15) is 0 Å². The van der Waals surface area contributed by atoms with Gasteiger partial charge >= 0.3 is 0 Å². The molecule has 3 saturated carbocycles. The van der Waals surface area contributed by atoms with Gasteiger partial charge < -0.3 is 0 Å². The number of Topliss-reactive ketones (excluding diaryl/α,β-unsaturated/α-hetero) is 1. The Kier molecular flexibility index (Phi) is 8.34. The van der Waals surface area contributed by atoms with Gasteiger partial charge in [-0.25, -0.2) is 0 Å². The number of thioether (sulfide) groups is 3. The van der Waals surface area contributed by atoms with Crippen LogP contribution in [0.25, 0.3) is 0 Å². The molecule has 0 bridgehead atoms. The summed E-state index contributed by atoms with van der Waals surface area (Å²) < 4.78 is 0. The van der Waals surface area contributed by atoms with Crippen molar-refractivity contribution >= 4 is 46.9 Å². The molecule has 0 aromatic carbocycles. The van der Waals surface area contributed by atoms with Crippen LogP contribution in [0, 0.1) is 0 Å². The van der Waals surface area contributed by atoms with E-state index in [1.54, 1.807) is 41.4 Å². The van der Waals surface area contributed by atoms with Crippen LogP contribution in [0.3, 0.4) is 0 Å². The summed E-state index contributed by atoms with van der Waals surface area (Å²) in [5, 5.41) is 1.54. The SMILES string of the molecule is O=C1C=C(SC2CCCCC2)C(=O)C(SC2CCCCC2)=C1SC1CCCCC1. The molecular formula is C24H34O2S3. The van der Waals surface area contributed by atoms with E-state index in [0.717, 1.165) is 14.7 Å². The van der Waals surface area contributed by atoms with E-state index in [-0.39, 0.29) is 11.6 Å². The highest BCUT2D eigenvalue weighted by molar-refractivity contribution is 8.09. The number of hydrogen-bond acceptors (Lipinski definition) is 5. The Bertz CT molecular complexity index is 664. The quantitative estimate of drug-likeness (QED) is 0.393. The second kappa shape index (κ2) is 10.9. The van der Waals surface area contributed by atoms with Gasteiger partial charge in [-0.1, -0.05) is 57.8 Å². The van der Waals surface area contributed by atoms with Gasteiger partial charge in [0.05, 0.1) is 14.7 Å². The molecule has 0 heterocycles. The van der Waals surface area contributed by atoms with E-state index in [2.05, 4.69) is 0 Å². The van der Waals surface area contributed by atoms with E-state index in [4.69, 9.17) is 0 Å². The van der Waals surface area contributed by atoms with Crippen molar-refractivity contribution in [1.29, 1.82) is 0 Å². The molecule has 4 aliphatic rings. The van der Waals surface area contributed by atoms with Crippen LogP contribution in [0.5, 0.6) is 0 Å². The summed E-state index contributed by atoms with van der Waals surface area (Å²) in [6.45, 7) is 0. The number of rotatable bonds is 6. The van der Waals surface area contributed by atoms with E-state index in [0.29, 0.717) is 15.7 Å². The van der Waals surface area contributed by atoms with Gasteiger partial charge in [0, 0.05) is 21.8 Å². The lowest BCUT2D eigenvalue weighted by Gasteiger charge is -2.28. The van der Waals surface area contributed by atoms with Crippen LogP contribution in [0.15, 0.2) is 20.8 Å². The highest BCUT2D eigenvalue weighted by Gasteiger charge is 2.34. The molecule has 4 rings (SSSR count). The van der Waals surface area contributed by atoms with Crippen LogP contribution in [-0.2, 0) is 9.59 Å². The van der Waals surface area contributed by atoms with Crippen LogP contribution in [0.1, 0.15) is 96.3 Å². The summed E-state index contributed by atoms with van der Waals surface area (Å²) in [7, 11) is 0.